The highest BCUT2D eigenvalue weighted by Gasteiger charge is 2.15. The van der Waals surface area contributed by atoms with E-state index in [-0.39, 0.29) is 0 Å². The summed E-state index contributed by atoms with van der Waals surface area (Å²) in [4.78, 5) is 19.6. The van der Waals surface area contributed by atoms with Gasteiger partial charge in [0.1, 0.15) is 18.2 Å². The molecule has 6 nitrogen and oxygen atoms in total. The van der Waals surface area contributed by atoms with Crippen molar-refractivity contribution in [3.8, 4) is 17.0 Å². The molecule has 7 heteroatoms. The van der Waals surface area contributed by atoms with E-state index in [1.54, 1.807) is 25.6 Å². The first-order valence-corrected chi connectivity index (χ1v) is 8.57. The van der Waals surface area contributed by atoms with E-state index < -0.39 is 5.95 Å². The monoisotopic (exact) mass is 362 g/mol. The number of nitrogens with one attached hydrogen (secondary N) is 1. The number of pyridine rings is 2. The number of hydrogen-bond acceptors (Lipinski definition) is 5. The molecule has 1 N–H and O–H groups in total. The Labute approximate surface area is 155 Å². The first-order valence-electron chi connectivity index (χ1n) is 8.57. The lowest BCUT2D eigenvalue weighted by Gasteiger charge is -2.07. The normalized spacial score (nSPS) is 11.1. The second kappa shape index (κ2) is 7.11. The van der Waals surface area contributed by atoms with Gasteiger partial charge in [-0.05, 0) is 24.1 Å². The van der Waals surface area contributed by atoms with Crippen LogP contribution in [0, 0.1) is 12.1 Å². The summed E-state index contributed by atoms with van der Waals surface area (Å²) in [5, 5.41) is 0.739. The maximum atomic E-state index is 14.3. The van der Waals surface area contributed by atoms with Gasteiger partial charge in [-0.1, -0.05) is 13.0 Å². The lowest BCUT2D eigenvalue weighted by atomic mass is 10.0. The van der Waals surface area contributed by atoms with E-state index >= 15 is 0 Å². The standard InChI is InChI=1S/C20H17FN5O/c1-3-16-5-4-12(8-22-16)14-6-13(18(21)23-9-14)7-15-10-24-19-17(15)20(27-2)26-11-25-19/h4-6,8,10-11H,3,7H2,1-2H3,(H,24,25,26). The third-order valence-electron chi connectivity index (χ3n) is 4.45. The van der Waals surface area contributed by atoms with E-state index in [2.05, 4.69) is 31.1 Å². The molecule has 0 fully saturated rings. The van der Waals surface area contributed by atoms with Gasteiger partial charge in [-0.25, -0.2) is 15.0 Å². The lowest BCUT2D eigenvalue weighted by Crippen LogP contribution is -1.98. The highest BCUT2D eigenvalue weighted by Crippen LogP contribution is 2.28. The molecule has 4 aromatic rings. The van der Waals surface area contributed by atoms with Crippen molar-refractivity contribution in [3.63, 3.8) is 0 Å². The predicted molar refractivity (Wildman–Crippen MR) is 98.9 cm³/mol. The number of methoxy groups -OCH3 is 1. The van der Waals surface area contributed by atoms with Gasteiger partial charge in [0.25, 0.3) is 0 Å². The molecule has 27 heavy (non-hydrogen) atoms. The second-order valence-electron chi connectivity index (χ2n) is 6.09. The van der Waals surface area contributed by atoms with Gasteiger partial charge in [0.05, 0.1) is 12.5 Å². The summed E-state index contributed by atoms with van der Waals surface area (Å²) in [6.07, 6.45) is 8.90. The zero-order valence-electron chi connectivity index (χ0n) is 15.0. The zero-order chi connectivity index (χ0) is 18.8. The fraction of sp³-hybridized carbons (Fsp3) is 0.200. The number of aromatic nitrogens is 5. The van der Waals surface area contributed by atoms with Crippen LogP contribution >= 0.6 is 0 Å². The first-order chi connectivity index (χ1) is 13.2. The maximum absolute atomic E-state index is 14.3. The van der Waals surface area contributed by atoms with Crippen molar-refractivity contribution in [2.75, 3.05) is 7.11 Å². The third kappa shape index (κ3) is 3.23. The van der Waals surface area contributed by atoms with Gasteiger partial charge in [0.15, 0.2) is 0 Å². The molecule has 4 rings (SSSR count). The molecule has 1 radical (unpaired) electrons. The molecule has 0 spiro atoms. The number of hydrogen-bond donors (Lipinski definition) is 1. The quantitative estimate of drug-likeness (QED) is 0.550. The van der Waals surface area contributed by atoms with E-state index in [4.69, 9.17) is 4.74 Å². The van der Waals surface area contributed by atoms with Crippen molar-refractivity contribution >= 4 is 11.0 Å². The summed E-state index contributed by atoms with van der Waals surface area (Å²) < 4.78 is 19.7. The van der Waals surface area contributed by atoms with Crippen molar-refractivity contribution in [2.45, 2.75) is 19.8 Å². The van der Waals surface area contributed by atoms with Gasteiger partial charge in [0.2, 0.25) is 11.8 Å². The molecule has 0 atom stereocenters. The smallest absolute Gasteiger partial charge is 0.226 e. The number of aryl methyl sites for hydroxylation is 1. The van der Waals surface area contributed by atoms with Crippen LogP contribution in [0.2, 0.25) is 0 Å². The third-order valence-corrected chi connectivity index (χ3v) is 4.45. The largest absolute Gasteiger partial charge is 0.480 e. The van der Waals surface area contributed by atoms with Gasteiger partial charge in [-0.2, -0.15) is 4.39 Å². The molecular weight excluding hydrogens is 345 g/mol. The molecule has 4 aromatic heterocycles. The minimum atomic E-state index is -0.554. The zero-order valence-corrected chi connectivity index (χ0v) is 15.0. The molecule has 0 aromatic carbocycles. The van der Waals surface area contributed by atoms with Crippen molar-refractivity contribution in [1.29, 1.82) is 0 Å². The topological polar surface area (TPSA) is 76.6 Å². The minimum absolute atomic E-state index is 0.324. The van der Waals surface area contributed by atoms with Crippen LogP contribution in [0.4, 0.5) is 4.39 Å². The van der Waals surface area contributed by atoms with Gasteiger partial charge in [0, 0.05) is 41.2 Å². The Kier molecular flexibility index (Phi) is 4.50. The first kappa shape index (κ1) is 17.1. The van der Waals surface area contributed by atoms with Crippen molar-refractivity contribution < 1.29 is 9.13 Å². The maximum Gasteiger partial charge on any atom is 0.226 e. The Balaban J connectivity index is 1.72. The molecule has 0 bridgehead atoms. The number of rotatable bonds is 5. The Morgan fingerprint density at radius 1 is 1.19 bits per heavy atom. The predicted octanol–water partition coefficient (Wildman–Crippen LogP) is 3.52. The molecule has 0 saturated heterocycles. The number of aromatic amines is 1. The van der Waals surface area contributed by atoms with Crippen molar-refractivity contribution in [1.82, 2.24) is 24.9 Å². The highest BCUT2D eigenvalue weighted by molar-refractivity contribution is 5.85. The van der Waals surface area contributed by atoms with Crippen LogP contribution in [0.15, 0.2) is 36.9 Å². The molecule has 135 valence electrons. The minimum Gasteiger partial charge on any atom is -0.480 e. The Hall–Kier alpha value is -3.35. The number of H-pyrrole nitrogens is 1. The summed E-state index contributed by atoms with van der Waals surface area (Å²) in [5.41, 5.74) is 4.48. The summed E-state index contributed by atoms with van der Waals surface area (Å²) in [5.74, 6) is -0.103. The molecule has 0 unspecified atom stereocenters. The SMILES string of the molecule is CCc1ccc(-c2[c]nc(F)c(Cc3c[nH]c4ncnc(OC)c34)c2)cn1. The molecule has 0 amide bonds. The Morgan fingerprint density at radius 3 is 2.81 bits per heavy atom. The summed E-state index contributed by atoms with van der Waals surface area (Å²) >= 11 is 0. The highest BCUT2D eigenvalue weighted by atomic mass is 19.1. The number of fused-ring (bicyclic) bond motifs is 1. The Bertz CT molecular complexity index is 1090. The van der Waals surface area contributed by atoms with Crippen LogP contribution in [-0.2, 0) is 12.8 Å². The van der Waals surface area contributed by atoms with E-state index in [0.29, 0.717) is 29.1 Å². The summed E-state index contributed by atoms with van der Waals surface area (Å²) in [6, 6.07) is 5.65. The van der Waals surface area contributed by atoms with E-state index in [0.717, 1.165) is 28.6 Å². The van der Waals surface area contributed by atoms with Crippen molar-refractivity contribution in [2.24, 2.45) is 0 Å². The van der Waals surface area contributed by atoms with Crippen LogP contribution in [0.5, 0.6) is 5.88 Å². The van der Waals surface area contributed by atoms with Crippen LogP contribution in [0.3, 0.4) is 0 Å². The number of halogens is 1. The summed E-state index contributed by atoms with van der Waals surface area (Å²) in [6.45, 7) is 2.05. The van der Waals surface area contributed by atoms with E-state index in [9.17, 15) is 4.39 Å². The molecule has 4 heterocycles. The summed E-state index contributed by atoms with van der Waals surface area (Å²) in [7, 11) is 1.54. The van der Waals surface area contributed by atoms with Crippen LogP contribution in [0.25, 0.3) is 22.2 Å². The number of nitrogens with zero attached hydrogens (tertiary/aromatic N) is 4. The van der Waals surface area contributed by atoms with Gasteiger partial charge in [-0.3, -0.25) is 4.98 Å². The molecule has 0 aliphatic carbocycles. The Morgan fingerprint density at radius 2 is 2.07 bits per heavy atom. The van der Waals surface area contributed by atoms with Gasteiger partial charge < -0.3 is 9.72 Å². The van der Waals surface area contributed by atoms with Crippen LogP contribution in [0.1, 0.15) is 23.7 Å². The van der Waals surface area contributed by atoms with Crippen molar-refractivity contribution in [3.05, 3.63) is 65.9 Å². The average Bonchev–Trinajstić information content (AvgIpc) is 3.13. The van der Waals surface area contributed by atoms with E-state index in [1.807, 2.05) is 19.1 Å². The second-order valence-corrected chi connectivity index (χ2v) is 6.09. The molecular formula is C20H17FN5O. The van der Waals surface area contributed by atoms with Gasteiger partial charge >= 0.3 is 0 Å². The fourth-order valence-corrected chi connectivity index (χ4v) is 3.01. The average molecular weight is 362 g/mol. The fourth-order valence-electron chi connectivity index (χ4n) is 3.01. The van der Waals surface area contributed by atoms with Gasteiger partial charge in [-0.15, -0.1) is 0 Å². The molecule has 0 aliphatic rings. The molecule has 0 aliphatic heterocycles. The molecule has 0 saturated carbocycles. The lowest BCUT2D eigenvalue weighted by molar-refractivity contribution is 0.402. The number of ether oxygens (including phenoxy) is 1. The van der Waals surface area contributed by atoms with E-state index in [1.165, 1.54) is 6.33 Å². The van der Waals surface area contributed by atoms with Crippen LogP contribution in [-0.4, -0.2) is 32.0 Å². The van der Waals surface area contributed by atoms with Crippen LogP contribution < -0.4 is 4.74 Å².